The molecule has 25 heavy (non-hydrogen) atoms. The van der Waals surface area contributed by atoms with Crippen molar-refractivity contribution < 1.29 is 27.5 Å². The van der Waals surface area contributed by atoms with E-state index in [1.807, 2.05) is 0 Å². The summed E-state index contributed by atoms with van der Waals surface area (Å²) in [6.07, 6.45) is 0.531. The normalized spacial score (nSPS) is 11.0. The maximum absolute atomic E-state index is 14.3. The van der Waals surface area contributed by atoms with Gasteiger partial charge in [0.1, 0.15) is 28.8 Å². The van der Waals surface area contributed by atoms with Gasteiger partial charge in [0.25, 0.3) is 0 Å². The Kier molecular flexibility index (Phi) is 4.03. The van der Waals surface area contributed by atoms with Gasteiger partial charge in [-0.1, -0.05) is 0 Å². The van der Waals surface area contributed by atoms with Gasteiger partial charge >= 0.3 is 5.97 Å². The summed E-state index contributed by atoms with van der Waals surface area (Å²) < 4.78 is 54.6. The maximum atomic E-state index is 14.3. The number of fused-ring (bicyclic) bond motifs is 1. The number of hydrogen-bond donors (Lipinski definition) is 2. The summed E-state index contributed by atoms with van der Waals surface area (Å²) in [7, 11) is 0. The van der Waals surface area contributed by atoms with E-state index in [1.54, 1.807) is 0 Å². The fraction of sp³-hybridized carbons (Fsp3) is 0.0588. The summed E-state index contributed by atoms with van der Waals surface area (Å²) in [5.74, 6) is -5.85. The SMILES string of the molecule is O=C(O)c1c[nH]c2cc(Cc3c(F)cc(F)cc3F)cc(F)c2c1=O. The van der Waals surface area contributed by atoms with Gasteiger partial charge < -0.3 is 10.1 Å². The average molecular weight is 351 g/mol. The summed E-state index contributed by atoms with van der Waals surface area (Å²) in [4.78, 5) is 25.4. The molecule has 0 saturated carbocycles. The second-order valence-corrected chi connectivity index (χ2v) is 5.36. The molecule has 0 aliphatic carbocycles. The van der Waals surface area contributed by atoms with E-state index in [4.69, 9.17) is 5.11 Å². The molecule has 2 aromatic carbocycles. The Balaban J connectivity index is 2.13. The molecule has 8 heteroatoms. The van der Waals surface area contributed by atoms with Crippen molar-refractivity contribution in [3.05, 3.63) is 80.6 Å². The van der Waals surface area contributed by atoms with Crippen LogP contribution in [0.2, 0.25) is 0 Å². The van der Waals surface area contributed by atoms with Crippen LogP contribution < -0.4 is 5.43 Å². The van der Waals surface area contributed by atoms with E-state index in [0.29, 0.717) is 12.1 Å². The quantitative estimate of drug-likeness (QED) is 0.711. The predicted octanol–water partition coefficient (Wildman–Crippen LogP) is 3.37. The summed E-state index contributed by atoms with van der Waals surface area (Å²) >= 11 is 0. The minimum Gasteiger partial charge on any atom is -0.477 e. The zero-order valence-corrected chi connectivity index (χ0v) is 12.4. The molecule has 1 heterocycles. The van der Waals surface area contributed by atoms with Gasteiger partial charge in [-0.25, -0.2) is 22.4 Å². The summed E-state index contributed by atoms with van der Waals surface area (Å²) in [6, 6.07) is 3.17. The van der Waals surface area contributed by atoms with E-state index < -0.39 is 51.2 Å². The number of halogens is 4. The first-order valence-electron chi connectivity index (χ1n) is 6.98. The highest BCUT2D eigenvalue weighted by Gasteiger charge is 2.17. The van der Waals surface area contributed by atoms with Gasteiger partial charge in [-0.05, 0) is 17.7 Å². The molecule has 0 radical (unpaired) electrons. The fourth-order valence-electron chi connectivity index (χ4n) is 2.56. The van der Waals surface area contributed by atoms with Crippen LogP contribution >= 0.6 is 0 Å². The molecule has 0 fully saturated rings. The lowest BCUT2D eigenvalue weighted by atomic mass is 10.0. The van der Waals surface area contributed by atoms with Crippen molar-refractivity contribution in [2.24, 2.45) is 0 Å². The van der Waals surface area contributed by atoms with Gasteiger partial charge in [0.15, 0.2) is 0 Å². The molecule has 1 aromatic heterocycles. The van der Waals surface area contributed by atoms with Gasteiger partial charge in [0.2, 0.25) is 5.43 Å². The number of aromatic amines is 1. The lowest BCUT2D eigenvalue weighted by molar-refractivity contribution is 0.0695. The van der Waals surface area contributed by atoms with Crippen molar-refractivity contribution in [3.8, 4) is 0 Å². The molecule has 0 spiro atoms. The Hall–Kier alpha value is -3.16. The number of carboxylic acids is 1. The van der Waals surface area contributed by atoms with Crippen molar-refractivity contribution in [1.29, 1.82) is 0 Å². The number of benzene rings is 2. The molecule has 0 amide bonds. The zero-order chi connectivity index (χ0) is 18.3. The molecule has 0 saturated heterocycles. The summed E-state index contributed by atoms with van der Waals surface area (Å²) in [5, 5.41) is 8.42. The molecular formula is C17H9F4NO3. The predicted molar refractivity (Wildman–Crippen MR) is 80.6 cm³/mol. The lowest BCUT2D eigenvalue weighted by Crippen LogP contribution is -2.16. The van der Waals surface area contributed by atoms with Gasteiger partial charge in [0.05, 0.1) is 10.9 Å². The Morgan fingerprint density at radius 3 is 2.24 bits per heavy atom. The van der Waals surface area contributed by atoms with E-state index in [2.05, 4.69) is 4.98 Å². The monoisotopic (exact) mass is 351 g/mol. The lowest BCUT2D eigenvalue weighted by Gasteiger charge is -2.08. The summed E-state index contributed by atoms with van der Waals surface area (Å²) in [5.41, 5.74) is -2.00. The number of nitrogens with one attached hydrogen (secondary N) is 1. The maximum Gasteiger partial charge on any atom is 0.341 e. The number of aromatic nitrogens is 1. The molecule has 0 atom stereocenters. The third kappa shape index (κ3) is 2.98. The molecule has 0 aliphatic rings. The Morgan fingerprint density at radius 1 is 1.00 bits per heavy atom. The molecular weight excluding hydrogens is 342 g/mol. The van der Waals surface area contributed by atoms with Crippen LogP contribution in [0.3, 0.4) is 0 Å². The Labute approximate surface area is 137 Å². The first-order chi connectivity index (χ1) is 11.8. The van der Waals surface area contributed by atoms with Gasteiger partial charge in [-0.15, -0.1) is 0 Å². The van der Waals surface area contributed by atoms with Crippen LogP contribution in [-0.4, -0.2) is 16.1 Å². The minimum atomic E-state index is -1.51. The van der Waals surface area contributed by atoms with Crippen LogP contribution in [0.15, 0.2) is 35.3 Å². The third-order valence-electron chi connectivity index (χ3n) is 3.71. The van der Waals surface area contributed by atoms with E-state index >= 15 is 0 Å². The summed E-state index contributed by atoms with van der Waals surface area (Å²) in [6.45, 7) is 0. The van der Waals surface area contributed by atoms with Crippen molar-refractivity contribution in [2.45, 2.75) is 6.42 Å². The van der Waals surface area contributed by atoms with E-state index in [9.17, 15) is 27.2 Å². The smallest absolute Gasteiger partial charge is 0.341 e. The van der Waals surface area contributed by atoms with Crippen LogP contribution in [-0.2, 0) is 6.42 Å². The second kappa shape index (κ2) is 6.04. The second-order valence-electron chi connectivity index (χ2n) is 5.36. The number of H-pyrrole nitrogens is 1. The molecule has 4 nitrogen and oxygen atoms in total. The van der Waals surface area contributed by atoms with Crippen molar-refractivity contribution in [3.63, 3.8) is 0 Å². The fourth-order valence-corrected chi connectivity index (χ4v) is 2.56. The van der Waals surface area contributed by atoms with Crippen LogP contribution in [0.1, 0.15) is 21.5 Å². The third-order valence-corrected chi connectivity index (χ3v) is 3.71. The largest absolute Gasteiger partial charge is 0.477 e. The first kappa shape index (κ1) is 16.7. The molecule has 3 rings (SSSR count). The average Bonchev–Trinajstić information content (AvgIpc) is 2.50. The first-order valence-corrected chi connectivity index (χ1v) is 6.98. The molecule has 0 aliphatic heterocycles. The number of rotatable bonds is 3. The number of carbonyl (C=O) groups is 1. The van der Waals surface area contributed by atoms with Crippen molar-refractivity contribution >= 4 is 16.9 Å². The van der Waals surface area contributed by atoms with E-state index in [0.717, 1.165) is 12.3 Å². The molecule has 128 valence electrons. The standard InChI is InChI=1S/C17H9F4NO3/c18-8-4-11(19)9(12(20)5-8)1-7-2-13(21)15-14(3-7)22-6-10(16(15)23)17(24)25/h2-6H,1H2,(H,22,23)(H,24,25). The van der Waals surface area contributed by atoms with Crippen LogP contribution in [0.25, 0.3) is 10.9 Å². The van der Waals surface area contributed by atoms with Crippen LogP contribution in [0.5, 0.6) is 0 Å². The topological polar surface area (TPSA) is 70.2 Å². The number of aromatic carboxylic acids is 1. The van der Waals surface area contributed by atoms with Crippen molar-refractivity contribution in [1.82, 2.24) is 4.98 Å². The number of hydrogen-bond acceptors (Lipinski definition) is 2. The van der Waals surface area contributed by atoms with E-state index in [-0.39, 0.29) is 17.5 Å². The Morgan fingerprint density at radius 2 is 1.64 bits per heavy atom. The van der Waals surface area contributed by atoms with Crippen molar-refractivity contribution in [2.75, 3.05) is 0 Å². The van der Waals surface area contributed by atoms with E-state index in [1.165, 1.54) is 6.07 Å². The highest BCUT2D eigenvalue weighted by molar-refractivity contribution is 5.92. The number of carboxylic acid groups (broad SMARTS) is 1. The molecule has 0 unspecified atom stereocenters. The van der Waals surface area contributed by atoms with Gasteiger partial charge in [-0.2, -0.15) is 0 Å². The Bertz CT molecular complexity index is 1050. The number of pyridine rings is 1. The molecule has 0 bridgehead atoms. The van der Waals surface area contributed by atoms with Gasteiger partial charge in [0, 0.05) is 30.3 Å². The molecule has 3 aromatic rings. The highest BCUT2D eigenvalue weighted by atomic mass is 19.1. The zero-order valence-electron chi connectivity index (χ0n) is 12.4. The van der Waals surface area contributed by atoms with Gasteiger partial charge in [-0.3, -0.25) is 4.79 Å². The van der Waals surface area contributed by atoms with Crippen LogP contribution in [0.4, 0.5) is 17.6 Å². The van der Waals surface area contributed by atoms with Crippen LogP contribution in [0, 0.1) is 23.3 Å². The minimum absolute atomic E-state index is 0.0204. The highest BCUT2D eigenvalue weighted by Crippen LogP contribution is 2.22. The molecule has 2 N–H and O–H groups in total.